The molecule has 0 fully saturated rings. The second-order valence-corrected chi connectivity index (χ2v) is 6.46. The van der Waals surface area contributed by atoms with Gasteiger partial charge in [-0.05, 0) is 29.8 Å². The topological polar surface area (TPSA) is 86.6 Å². The summed E-state index contributed by atoms with van der Waals surface area (Å²) in [4.78, 5) is 29.7. The van der Waals surface area contributed by atoms with E-state index in [-0.39, 0.29) is 23.8 Å². The van der Waals surface area contributed by atoms with E-state index in [1.54, 1.807) is 18.2 Å². The van der Waals surface area contributed by atoms with Gasteiger partial charge in [-0.3, -0.25) is 19.5 Å². The summed E-state index contributed by atoms with van der Waals surface area (Å²) in [6.07, 6.45) is 1.42. The van der Waals surface area contributed by atoms with Crippen molar-refractivity contribution in [3.05, 3.63) is 75.6 Å². The summed E-state index contributed by atoms with van der Waals surface area (Å²) < 4.78 is 25.8. The van der Waals surface area contributed by atoms with Gasteiger partial charge in [-0.15, -0.1) is 0 Å². The summed E-state index contributed by atoms with van der Waals surface area (Å²) in [5, 5.41) is 4.13. The van der Waals surface area contributed by atoms with Gasteiger partial charge in [0.15, 0.2) is 11.6 Å². The van der Waals surface area contributed by atoms with Gasteiger partial charge in [0.1, 0.15) is 23.8 Å². The number of hydrogen-bond donors (Lipinski definition) is 0. The van der Waals surface area contributed by atoms with Crippen molar-refractivity contribution < 1.29 is 18.7 Å². The summed E-state index contributed by atoms with van der Waals surface area (Å²) in [5.74, 6) is 0.478. The summed E-state index contributed by atoms with van der Waals surface area (Å²) in [7, 11) is 2.96. The minimum Gasteiger partial charge on any atom is -0.495 e. The quantitative estimate of drug-likeness (QED) is 0.656. The van der Waals surface area contributed by atoms with Gasteiger partial charge in [-0.25, -0.2) is 9.07 Å². The molecule has 8 nitrogen and oxygen atoms in total. The van der Waals surface area contributed by atoms with Crippen molar-refractivity contribution in [2.45, 2.75) is 13.2 Å². The zero-order valence-electron chi connectivity index (χ0n) is 15.8. The van der Waals surface area contributed by atoms with Crippen molar-refractivity contribution in [3.8, 4) is 11.5 Å². The van der Waals surface area contributed by atoms with Gasteiger partial charge in [-0.1, -0.05) is 0 Å². The fraction of sp³-hybridized carbons (Fsp3) is 0.200. The van der Waals surface area contributed by atoms with E-state index in [0.29, 0.717) is 29.4 Å². The van der Waals surface area contributed by atoms with Crippen LogP contribution in [0.5, 0.6) is 11.5 Å². The predicted octanol–water partition coefficient (Wildman–Crippen LogP) is 2.06. The number of halogens is 1. The third-order valence-corrected chi connectivity index (χ3v) is 4.61. The molecule has 1 aromatic carbocycles. The van der Waals surface area contributed by atoms with Gasteiger partial charge >= 0.3 is 0 Å². The van der Waals surface area contributed by atoms with Crippen LogP contribution in [0.1, 0.15) is 21.6 Å². The lowest BCUT2D eigenvalue weighted by Gasteiger charge is -2.14. The maximum atomic E-state index is 14.0. The molecule has 1 aliphatic rings. The minimum absolute atomic E-state index is 0.0609. The van der Waals surface area contributed by atoms with Crippen molar-refractivity contribution in [2.75, 3.05) is 12.0 Å². The van der Waals surface area contributed by atoms with Crippen LogP contribution in [-0.2, 0) is 20.2 Å². The first-order valence-corrected chi connectivity index (χ1v) is 8.76. The van der Waals surface area contributed by atoms with Crippen molar-refractivity contribution in [2.24, 2.45) is 7.05 Å². The molecule has 0 bridgehead atoms. The Morgan fingerprint density at radius 2 is 1.97 bits per heavy atom. The predicted molar refractivity (Wildman–Crippen MR) is 102 cm³/mol. The molecule has 0 unspecified atom stereocenters. The van der Waals surface area contributed by atoms with Gasteiger partial charge in [0.25, 0.3) is 11.5 Å². The van der Waals surface area contributed by atoms with E-state index in [0.717, 1.165) is 5.56 Å². The third kappa shape index (κ3) is 3.54. The fourth-order valence-corrected chi connectivity index (χ4v) is 3.02. The Bertz CT molecular complexity index is 1160. The molecular weight excluding hydrogens is 379 g/mol. The Kier molecular flexibility index (Phi) is 4.71. The molecular formula is C20H17FN4O4. The average molecular weight is 396 g/mol. The first kappa shape index (κ1) is 18.6. The average Bonchev–Trinajstić information content (AvgIpc) is 3.05. The molecule has 3 aromatic rings. The number of carbonyl (C=O) groups is 1. The molecule has 3 heterocycles. The largest absolute Gasteiger partial charge is 0.495 e. The van der Waals surface area contributed by atoms with Crippen LogP contribution >= 0.6 is 0 Å². The van der Waals surface area contributed by atoms with Crippen LogP contribution in [0.2, 0.25) is 0 Å². The molecule has 148 valence electrons. The van der Waals surface area contributed by atoms with Gasteiger partial charge in [0, 0.05) is 24.7 Å². The highest BCUT2D eigenvalue weighted by Gasteiger charge is 2.30. The summed E-state index contributed by atoms with van der Waals surface area (Å²) in [6.45, 7) is 0.236. The van der Waals surface area contributed by atoms with E-state index < -0.39 is 5.82 Å². The molecule has 0 saturated heterocycles. The number of pyridine rings is 1. The second-order valence-electron chi connectivity index (χ2n) is 6.46. The minimum atomic E-state index is -0.521. The maximum Gasteiger partial charge on any atom is 0.266 e. The number of hydrogen-bond acceptors (Lipinski definition) is 6. The number of aryl methyl sites for hydroxylation is 1. The van der Waals surface area contributed by atoms with Crippen LogP contribution in [0.4, 0.5) is 10.2 Å². The van der Waals surface area contributed by atoms with Crippen molar-refractivity contribution in [3.63, 3.8) is 0 Å². The molecule has 1 amide bonds. The maximum absolute atomic E-state index is 14.0. The summed E-state index contributed by atoms with van der Waals surface area (Å²) in [5.41, 5.74) is 1.18. The fourth-order valence-electron chi connectivity index (χ4n) is 3.02. The number of fused-ring (bicyclic) bond motifs is 1. The Hall–Kier alpha value is -3.75. The standard InChI is InChI=1S/C20H17FN4O4/c1-24-19(26)6-5-18(23-24)25-10-12-7-13(3-4-15(12)20(25)27)29-11-17-16(21)8-14(28-2)9-22-17/h3-9H,10-11H2,1-2H3. The number of rotatable bonds is 5. The zero-order chi connectivity index (χ0) is 20.5. The van der Waals surface area contributed by atoms with E-state index in [9.17, 15) is 14.0 Å². The van der Waals surface area contributed by atoms with Crippen LogP contribution in [0.15, 0.2) is 47.4 Å². The normalized spacial score (nSPS) is 12.8. The zero-order valence-corrected chi connectivity index (χ0v) is 15.8. The van der Waals surface area contributed by atoms with Gasteiger partial charge < -0.3 is 9.47 Å². The first-order chi connectivity index (χ1) is 14.0. The highest BCUT2D eigenvalue weighted by molar-refractivity contribution is 6.09. The number of amides is 1. The van der Waals surface area contributed by atoms with Crippen molar-refractivity contribution in [1.29, 1.82) is 0 Å². The Balaban J connectivity index is 1.51. The number of anilines is 1. The Morgan fingerprint density at radius 3 is 2.69 bits per heavy atom. The van der Waals surface area contributed by atoms with E-state index in [4.69, 9.17) is 9.47 Å². The first-order valence-electron chi connectivity index (χ1n) is 8.76. The molecule has 9 heteroatoms. The molecule has 1 aliphatic heterocycles. The number of ether oxygens (including phenoxy) is 2. The lowest BCUT2D eigenvalue weighted by atomic mass is 10.1. The van der Waals surface area contributed by atoms with E-state index in [2.05, 4.69) is 10.1 Å². The number of methoxy groups -OCH3 is 1. The van der Waals surface area contributed by atoms with Crippen LogP contribution in [0.25, 0.3) is 0 Å². The molecule has 0 N–H and O–H groups in total. The monoisotopic (exact) mass is 396 g/mol. The van der Waals surface area contributed by atoms with E-state index in [1.165, 1.54) is 48.1 Å². The molecule has 4 rings (SSSR count). The lowest BCUT2D eigenvalue weighted by Crippen LogP contribution is -2.28. The van der Waals surface area contributed by atoms with E-state index in [1.807, 2.05) is 0 Å². The van der Waals surface area contributed by atoms with Gasteiger partial charge in [-0.2, -0.15) is 5.10 Å². The smallest absolute Gasteiger partial charge is 0.266 e. The van der Waals surface area contributed by atoms with Crippen LogP contribution in [0, 0.1) is 5.82 Å². The van der Waals surface area contributed by atoms with E-state index >= 15 is 0 Å². The molecule has 0 radical (unpaired) electrons. The number of carbonyl (C=O) groups excluding carboxylic acids is 1. The van der Waals surface area contributed by atoms with Crippen LogP contribution in [0.3, 0.4) is 0 Å². The van der Waals surface area contributed by atoms with Gasteiger partial charge in [0.2, 0.25) is 0 Å². The molecule has 29 heavy (non-hydrogen) atoms. The lowest BCUT2D eigenvalue weighted by molar-refractivity contribution is 0.0995. The highest BCUT2D eigenvalue weighted by Crippen LogP contribution is 2.29. The SMILES string of the molecule is COc1cnc(COc2ccc3c(c2)CN(c2ccc(=O)n(C)n2)C3=O)c(F)c1. The summed E-state index contributed by atoms with van der Waals surface area (Å²) in [6, 6.07) is 9.16. The molecule has 2 aromatic heterocycles. The van der Waals surface area contributed by atoms with Crippen LogP contribution in [-0.4, -0.2) is 27.8 Å². The molecule has 0 aliphatic carbocycles. The second kappa shape index (κ2) is 7.34. The number of nitrogens with zero attached hydrogens (tertiary/aromatic N) is 4. The highest BCUT2D eigenvalue weighted by atomic mass is 19.1. The third-order valence-electron chi connectivity index (χ3n) is 4.61. The van der Waals surface area contributed by atoms with Gasteiger partial charge in [0.05, 0.1) is 19.9 Å². The summed E-state index contributed by atoms with van der Waals surface area (Å²) >= 11 is 0. The number of benzene rings is 1. The van der Waals surface area contributed by atoms with Crippen LogP contribution < -0.4 is 19.9 Å². The number of aromatic nitrogens is 3. The molecule has 0 spiro atoms. The van der Waals surface area contributed by atoms with Crippen molar-refractivity contribution in [1.82, 2.24) is 14.8 Å². The van der Waals surface area contributed by atoms with Crippen molar-refractivity contribution >= 4 is 11.7 Å². The Labute approximate surface area is 165 Å². The molecule has 0 atom stereocenters. The molecule has 0 saturated carbocycles. The Morgan fingerprint density at radius 1 is 1.14 bits per heavy atom.